The van der Waals surface area contributed by atoms with E-state index in [-0.39, 0.29) is 16.9 Å². The lowest BCUT2D eigenvalue weighted by Crippen LogP contribution is -2.32. The van der Waals surface area contributed by atoms with Crippen molar-refractivity contribution in [3.63, 3.8) is 0 Å². The minimum atomic E-state index is -3.85. The number of hydrogen-bond acceptors (Lipinski definition) is 3. The Morgan fingerprint density at radius 3 is 2.42 bits per heavy atom. The van der Waals surface area contributed by atoms with Crippen LogP contribution in [0.25, 0.3) is 0 Å². The van der Waals surface area contributed by atoms with Gasteiger partial charge in [0.05, 0.1) is 10.5 Å². The molecule has 0 bridgehead atoms. The molecule has 0 unspecified atom stereocenters. The lowest BCUT2D eigenvalue weighted by atomic mass is 9.98. The summed E-state index contributed by atoms with van der Waals surface area (Å²) >= 11 is 0. The molecule has 0 fully saturated rings. The van der Waals surface area contributed by atoms with Gasteiger partial charge in [0.25, 0.3) is 0 Å². The summed E-state index contributed by atoms with van der Waals surface area (Å²) in [5.41, 5.74) is -0.929. The van der Waals surface area contributed by atoms with Crippen LogP contribution in [0.5, 0.6) is 0 Å². The smallest absolute Gasteiger partial charge is 0.338 e. The first-order valence-electron chi connectivity index (χ1n) is 5.55. The van der Waals surface area contributed by atoms with E-state index in [2.05, 4.69) is 4.72 Å². The molecule has 0 spiro atoms. The lowest BCUT2D eigenvalue weighted by Gasteiger charge is -2.18. The summed E-state index contributed by atoms with van der Waals surface area (Å²) < 4.78 is 39.4. The van der Waals surface area contributed by atoms with Crippen molar-refractivity contribution < 1.29 is 22.7 Å². The van der Waals surface area contributed by atoms with Crippen molar-refractivity contribution in [2.45, 2.75) is 25.7 Å². The number of carboxylic acids is 1. The van der Waals surface area contributed by atoms with Crippen LogP contribution in [0.15, 0.2) is 23.1 Å². The van der Waals surface area contributed by atoms with E-state index in [0.29, 0.717) is 0 Å². The van der Waals surface area contributed by atoms with Gasteiger partial charge in [0, 0.05) is 6.54 Å². The Morgan fingerprint density at radius 1 is 1.37 bits per heavy atom. The molecule has 7 heteroatoms. The van der Waals surface area contributed by atoms with E-state index < -0.39 is 27.4 Å². The molecule has 1 aromatic carbocycles. The number of halogens is 1. The highest BCUT2D eigenvalue weighted by atomic mass is 32.2. The van der Waals surface area contributed by atoms with Crippen molar-refractivity contribution in [3.05, 3.63) is 29.6 Å². The predicted molar refractivity (Wildman–Crippen MR) is 68.0 cm³/mol. The Morgan fingerprint density at radius 2 is 1.95 bits per heavy atom. The maximum Gasteiger partial charge on any atom is 0.338 e. The second-order valence-corrected chi connectivity index (χ2v) is 7.10. The Bertz CT molecular complexity index is 590. The fourth-order valence-corrected chi connectivity index (χ4v) is 2.54. The van der Waals surface area contributed by atoms with Gasteiger partial charge in [0.1, 0.15) is 5.82 Å². The Labute approximate surface area is 111 Å². The molecule has 0 atom stereocenters. The van der Waals surface area contributed by atoms with Gasteiger partial charge in [0.2, 0.25) is 10.0 Å². The molecule has 0 aliphatic carbocycles. The van der Waals surface area contributed by atoms with E-state index in [0.717, 1.165) is 18.2 Å². The highest BCUT2D eigenvalue weighted by Gasteiger charge is 2.21. The summed E-state index contributed by atoms with van der Waals surface area (Å²) in [5, 5.41) is 8.76. The molecule has 2 N–H and O–H groups in total. The van der Waals surface area contributed by atoms with Crippen LogP contribution in [0, 0.1) is 11.2 Å². The number of carboxylic acid groups (broad SMARTS) is 1. The van der Waals surface area contributed by atoms with Gasteiger partial charge in [-0.2, -0.15) is 0 Å². The summed E-state index contributed by atoms with van der Waals surface area (Å²) in [7, 11) is -3.85. The first-order valence-corrected chi connectivity index (χ1v) is 7.04. The van der Waals surface area contributed by atoms with Gasteiger partial charge >= 0.3 is 5.97 Å². The fourth-order valence-electron chi connectivity index (χ4n) is 1.23. The maximum absolute atomic E-state index is 13.2. The topological polar surface area (TPSA) is 83.5 Å². The average molecular weight is 289 g/mol. The molecule has 19 heavy (non-hydrogen) atoms. The van der Waals surface area contributed by atoms with Crippen LogP contribution in [0.4, 0.5) is 4.39 Å². The third-order valence-corrected chi connectivity index (χ3v) is 3.67. The third-order valence-electron chi connectivity index (χ3n) is 2.27. The number of carbonyl (C=O) groups is 1. The minimum Gasteiger partial charge on any atom is -0.478 e. The van der Waals surface area contributed by atoms with E-state index in [4.69, 9.17) is 5.11 Å². The molecule has 0 aliphatic heterocycles. The monoisotopic (exact) mass is 289 g/mol. The Hall–Kier alpha value is -1.47. The van der Waals surface area contributed by atoms with Gasteiger partial charge in [-0.1, -0.05) is 20.8 Å². The molecule has 0 aromatic heterocycles. The van der Waals surface area contributed by atoms with Crippen LogP contribution in [-0.4, -0.2) is 26.0 Å². The van der Waals surface area contributed by atoms with Crippen LogP contribution in [0.3, 0.4) is 0 Å². The first-order chi connectivity index (χ1) is 8.53. The van der Waals surface area contributed by atoms with Crippen LogP contribution in [0.2, 0.25) is 0 Å². The first kappa shape index (κ1) is 15.6. The van der Waals surface area contributed by atoms with Crippen molar-refractivity contribution in [1.29, 1.82) is 0 Å². The van der Waals surface area contributed by atoms with Crippen LogP contribution in [-0.2, 0) is 10.0 Å². The average Bonchev–Trinajstić information content (AvgIpc) is 2.25. The van der Waals surface area contributed by atoms with E-state index in [1.165, 1.54) is 0 Å². The second-order valence-electron chi connectivity index (χ2n) is 5.33. The van der Waals surface area contributed by atoms with E-state index in [1.807, 2.05) is 20.8 Å². The lowest BCUT2D eigenvalue weighted by molar-refractivity contribution is 0.0691. The Kier molecular flexibility index (Phi) is 4.32. The summed E-state index contributed by atoms with van der Waals surface area (Å²) in [6.45, 7) is 5.74. The van der Waals surface area contributed by atoms with Gasteiger partial charge in [-0.15, -0.1) is 0 Å². The van der Waals surface area contributed by atoms with Gasteiger partial charge in [-0.05, 0) is 23.6 Å². The van der Waals surface area contributed by atoms with Gasteiger partial charge in [-0.3, -0.25) is 0 Å². The fraction of sp³-hybridized carbons (Fsp3) is 0.417. The van der Waals surface area contributed by atoms with Gasteiger partial charge in [0.15, 0.2) is 0 Å². The van der Waals surface area contributed by atoms with E-state index >= 15 is 0 Å². The van der Waals surface area contributed by atoms with Crippen LogP contribution < -0.4 is 4.72 Å². The van der Waals surface area contributed by atoms with Crippen molar-refractivity contribution in [2.24, 2.45) is 5.41 Å². The molecule has 5 nitrogen and oxygen atoms in total. The number of sulfonamides is 1. The predicted octanol–water partition coefficient (Wildman–Crippen LogP) is 1.85. The SMILES string of the molecule is CC(C)(C)CNS(=O)(=O)c1ccc(F)c(C(=O)O)c1. The maximum atomic E-state index is 13.2. The largest absolute Gasteiger partial charge is 0.478 e. The zero-order valence-corrected chi connectivity index (χ0v) is 11.7. The van der Waals surface area contributed by atoms with Crippen molar-refractivity contribution in [3.8, 4) is 0 Å². The number of hydrogen-bond donors (Lipinski definition) is 2. The zero-order chi connectivity index (χ0) is 14.8. The summed E-state index contributed by atoms with van der Waals surface area (Å²) in [4.78, 5) is 10.5. The number of benzene rings is 1. The summed E-state index contributed by atoms with van der Waals surface area (Å²) in [5.74, 6) is -2.48. The standard InChI is InChI=1S/C12H16FNO4S/c1-12(2,3)7-14-19(17,18)8-4-5-10(13)9(6-8)11(15)16/h4-6,14H,7H2,1-3H3,(H,15,16). The molecule has 0 saturated heterocycles. The molecular weight excluding hydrogens is 273 g/mol. The van der Waals surface area contributed by atoms with Crippen molar-refractivity contribution in [1.82, 2.24) is 4.72 Å². The molecule has 1 rings (SSSR count). The number of rotatable bonds is 4. The highest BCUT2D eigenvalue weighted by molar-refractivity contribution is 7.89. The van der Waals surface area contributed by atoms with E-state index in [9.17, 15) is 17.6 Å². The number of nitrogens with one attached hydrogen (secondary N) is 1. The minimum absolute atomic E-state index is 0.190. The van der Waals surface area contributed by atoms with Crippen molar-refractivity contribution in [2.75, 3.05) is 6.54 Å². The second kappa shape index (κ2) is 5.26. The molecular formula is C12H16FNO4S. The molecule has 106 valence electrons. The third kappa shape index (κ3) is 4.29. The molecule has 0 radical (unpaired) electrons. The Balaban J connectivity index is 3.09. The van der Waals surface area contributed by atoms with Crippen LogP contribution >= 0.6 is 0 Å². The van der Waals surface area contributed by atoms with Gasteiger partial charge in [-0.25, -0.2) is 22.3 Å². The number of aromatic carboxylic acids is 1. The molecule has 0 saturated carbocycles. The molecule has 1 aromatic rings. The summed E-state index contributed by atoms with van der Waals surface area (Å²) in [6.07, 6.45) is 0. The van der Waals surface area contributed by atoms with Gasteiger partial charge < -0.3 is 5.11 Å². The van der Waals surface area contributed by atoms with Crippen molar-refractivity contribution >= 4 is 16.0 Å². The van der Waals surface area contributed by atoms with Crippen LogP contribution in [0.1, 0.15) is 31.1 Å². The highest BCUT2D eigenvalue weighted by Crippen LogP contribution is 2.17. The van der Waals surface area contributed by atoms with E-state index in [1.54, 1.807) is 0 Å². The zero-order valence-electron chi connectivity index (χ0n) is 10.9. The summed E-state index contributed by atoms with van der Waals surface area (Å²) in [6, 6.07) is 2.67. The molecule has 0 amide bonds. The quantitative estimate of drug-likeness (QED) is 0.886. The molecule has 0 heterocycles. The molecule has 0 aliphatic rings. The normalized spacial score (nSPS) is 12.4.